The molecule has 2 nitrogen and oxygen atoms in total. The van der Waals surface area contributed by atoms with Gasteiger partial charge in [0.15, 0.2) is 0 Å². The van der Waals surface area contributed by atoms with E-state index >= 15 is 0 Å². The van der Waals surface area contributed by atoms with Gasteiger partial charge in [0.05, 0.1) is 12.0 Å². The predicted octanol–water partition coefficient (Wildman–Crippen LogP) is 3.00. The molecule has 2 N–H and O–H groups in total. The minimum atomic E-state index is -5.09. The summed E-state index contributed by atoms with van der Waals surface area (Å²) < 4.78 is 63.0. The van der Waals surface area contributed by atoms with Crippen LogP contribution in [0.2, 0.25) is 0 Å². The Balaban J connectivity index is 2.93. The summed E-state index contributed by atoms with van der Waals surface area (Å²) in [5.74, 6) is -3.55. The number of hydrogen-bond donors (Lipinski definition) is 2. The number of anilines is 1. The maximum absolute atomic E-state index is 13.1. The maximum Gasteiger partial charge on any atom is 0.422 e. The SMILES string of the molecule is OC(CCl)CNc1cc(F)c(C(F)(F)F)c(F)c1. The summed E-state index contributed by atoms with van der Waals surface area (Å²) in [4.78, 5) is 0. The number of hydrogen-bond acceptors (Lipinski definition) is 2. The van der Waals surface area contributed by atoms with Crippen molar-refractivity contribution in [2.45, 2.75) is 12.3 Å². The molecule has 0 saturated carbocycles. The van der Waals surface area contributed by atoms with Crippen molar-refractivity contribution in [1.82, 2.24) is 0 Å². The third-order valence-electron chi connectivity index (χ3n) is 2.05. The van der Waals surface area contributed by atoms with Crippen LogP contribution in [0.5, 0.6) is 0 Å². The molecule has 0 aliphatic heterocycles. The van der Waals surface area contributed by atoms with E-state index in [1.807, 2.05) is 0 Å². The molecule has 0 saturated heterocycles. The number of rotatable bonds is 4. The van der Waals surface area contributed by atoms with E-state index in [9.17, 15) is 22.0 Å². The Morgan fingerprint density at radius 1 is 1.22 bits per heavy atom. The molecule has 1 aromatic carbocycles. The number of nitrogens with one attached hydrogen (secondary N) is 1. The molecule has 18 heavy (non-hydrogen) atoms. The summed E-state index contributed by atoms with van der Waals surface area (Å²) >= 11 is 5.28. The summed E-state index contributed by atoms with van der Waals surface area (Å²) in [6.07, 6.45) is -6.07. The van der Waals surface area contributed by atoms with E-state index in [0.717, 1.165) is 0 Å². The Hall–Kier alpha value is -1.08. The van der Waals surface area contributed by atoms with E-state index in [4.69, 9.17) is 16.7 Å². The second-order valence-electron chi connectivity index (χ2n) is 3.50. The van der Waals surface area contributed by atoms with Crippen molar-refractivity contribution in [2.75, 3.05) is 17.7 Å². The first-order chi connectivity index (χ1) is 8.25. The van der Waals surface area contributed by atoms with Crippen LogP contribution in [0, 0.1) is 11.6 Å². The van der Waals surface area contributed by atoms with Gasteiger partial charge in [-0.05, 0) is 12.1 Å². The van der Waals surface area contributed by atoms with E-state index in [2.05, 4.69) is 5.32 Å². The standard InChI is InChI=1S/C10H9ClF5NO/c11-3-6(18)4-17-5-1-7(12)9(8(13)2-5)10(14,15)16/h1-2,6,17-18H,3-4H2. The van der Waals surface area contributed by atoms with Crippen LogP contribution in [0.4, 0.5) is 27.6 Å². The summed E-state index contributed by atoms with van der Waals surface area (Å²) in [5, 5.41) is 11.5. The van der Waals surface area contributed by atoms with Crippen molar-refractivity contribution in [3.8, 4) is 0 Å². The minimum Gasteiger partial charge on any atom is -0.390 e. The van der Waals surface area contributed by atoms with Crippen molar-refractivity contribution in [1.29, 1.82) is 0 Å². The second-order valence-corrected chi connectivity index (χ2v) is 3.81. The van der Waals surface area contributed by atoms with Gasteiger partial charge in [-0.25, -0.2) is 8.78 Å². The Morgan fingerprint density at radius 3 is 2.11 bits per heavy atom. The lowest BCUT2D eigenvalue weighted by Gasteiger charge is -2.13. The molecule has 0 aliphatic carbocycles. The number of alkyl halides is 4. The molecule has 0 radical (unpaired) electrons. The zero-order chi connectivity index (χ0) is 13.9. The molecule has 0 aliphatic rings. The van der Waals surface area contributed by atoms with Gasteiger partial charge in [-0.2, -0.15) is 13.2 Å². The van der Waals surface area contributed by atoms with E-state index < -0.39 is 29.5 Å². The fourth-order valence-corrected chi connectivity index (χ4v) is 1.35. The van der Waals surface area contributed by atoms with Crippen molar-refractivity contribution in [3.63, 3.8) is 0 Å². The second kappa shape index (κ2) is 5.71. The molecule has 1 atom stereocenters. The molecule has 0 bridgehead atoms. The molecule has 8 heteroatoms. The van der Waals surface area contributed by atoms with Crippen molar-refractivity contribution in [2.24, 2.45) is 0 Å². The van der Waals surface area contributed by atoms with Gasteiger partial charge in [0.1, 0.15) is 17.2 Å². The van der Waals surface area contributed by atoms with Crippen LogP contribution in [0.3, 0.4) is 0 Å². The van der Waals surface area contributed by atoms with Crippen molar-refractivity contribution in [3.05, 3.63) is 29.3 Å². The Bertz CT molecular complexity index is 400. The van der Waals surface area contributed by atoms with Crippen molar-refractivity contribution < 1.29 is 27.1 Å². The van der Waals surface area contributed by atoms with E-state index in [0.29, 0.717) is 12.1 Å². The fourth-order valence-electron chi connectivity index (χ4n) is 1.24. The lowest BCUT2D eigenvalue weighted by Crippen LogP contribution is -2.21. The van der Waals surface area contributed by atoms with Gasteiger partial charge in [0, 0.05) is 12.2 Å². The monoisotopic (exact) mass is 289 g/mol. The first-order valence-corrected chi connectivity index (χ1v) is 5.33. The first-order valence-electron chi connectivity index (χ1n) is 4.80. The van der Waals surface area contributed by atoms with Crippen LogP contribution in [0.25, 0.3) is 0 Å². The van der Waals surface area contributed by atoms with Gasteiger partial charge >= 0.3 is 6.18 Å². The van der Waals surface area contributed by atoms with Gasteiger partial charge in [-0.1, -0.05) is 0 Å². The molecular weight excluding hydrogens is 281 g/mol. The molecule has 1 unspecified atom stereocenters. The summed E-state index contributed by atoms with van der Waals surface area (Å²) in [5.41, 5.74) is -2.15. The molecule has 1 aromatic rings. The van der Waals surface area contributed by atoms with Crippen LogP contribution in [-0.2, 0) is 6.18 Å². The Kier molecular flexibility index (Phi) is 4.75. The van der Waals surface area contributed by atoms with Gasteiger partial charge in [-0.15, -0.1) is 11.6 Å². The van der Waals surface area contributed by atoms with Crippen LogP contribution in [-0.4, -0.2) is 23.6 Å². The normalized spacial score (nSPS) is 13.5. The van der Waals surface area contributed by atoms with Crippen LogP contribution in [0.15, 0.2) is 12.1 Å². The predicted molar refractivity (Wildman–Crippen MR) is 56.6 cm³/mol. The highest BCUT2D eigenvalue weighted by atomic mass is 35.5. The highest BCUT2D eigenvalue weighted by molar-refractivity contribution is 6.18. The fraction of sp³-hybridized carbons (Fsp3) is 0.400. The average molecular weight is 290 g/mol. The number of benzene rings is 1. The number of halogens is 6. The molecular formula is C10H9ClF5NO. The Morgan fingerprint density at radius 2 is 1.72 bits per heavy atom. The molecule has 0 amide bonds. The highest BCUT2D eigenvalue weighted by Crippen LogP contribution is 2.34. The van der Waals surface area contributed by atoms with Crippen LogP contribution in [0.1, 0.15) is 5.56 Å². The molecule has 0 fully saturated rings. The molecule has 0 heterocycles. The summed E-state index contributed by atoms with van der Waals surface area (Å²) in [7, 11) is 0. The lowest BCUT2D eigenvalue weighted by molar-refractivity contribution is -0.142. The summed E-state index contributed by atoms with van der Waals surface area (Å²) in [6.45, 7) is -0.131. The average Bonchev–Trinajstić information content (AvgIpc) is 2.22. The topological polar surface area (TPSA) is 32.3 Å². The molecule has 102 valence electrons. The lowest BCUT2D eigenvalue weighted by atomic mass is 10.1. The van der Waals surface area contributed by atoms with Gasteiger partial charge < -0.3 is 10.4 Å². The van der Waals surface area contributed by atoms with E-state index in [-0.39, 0.29) is 18.1 Å². The molecule has 1 rings (SSSR count). The number of aliphatic hydroxyl groups is 1. The number of aliphatic hydroxyl groups excluding tert-OH is 1. The molecule has 0 spiro atoms. The smallest absolute Gasteiger partial charge is 0.390 e. The third kappa shape index (κ3) is 3.71. The van der Waals surface area contributed by atoms with Gasteiger partial charge in [-0.3, -0.25) is 0 Å². The largest absolute Gasteiger partial charge is 0.422 e. The van der Waals surface area contributed by atoms with E-state index in [1.54, 1.807) is 0 Å². The zero-order valence-electron chi connectivity index (χ0n) is 8.86. The highest BCUT2D eigenvalue weighted by Gasteiger charge is 2.37. The molecule has 0 aromatic heterocycles. The van der Waals surface area contributed by atoms with Gasteiger partial charge in [0.25, 0.3) is 0 Å². The van der Waals surface area contributed by atoms with Crippen molar-refractivity contribution >= 4 is 17.3 Å². The third-order valence-corrected chi connectivity index (χ3v) is 2.40. The maximum atomic E-state index is 13.1. The Labute approximate surface area is 104 Å². The quantitative estimate of drug-likeness (QED) is 0.660. The zero-order valence-corrected chi connectivity index (χ0v) is 9.62. The van der Waals surface area contributed by atoms with E-state index in [1.165, 1.54) is 0 Å². The van der Waals surface area contributed by atoms with Crippen LogP contribution >= 0.6 is 11.6 Å². The van der Waals surface area contributed by atoms with Crippen LogP contribution < -0.4 is 5.32 Å². The first kappa shape index (κ1) is 15.0. The minimum absolute atomic E-state index is 0.113. The van der Waals surface area contributed by atoms with Gasteiger partial charge in [0.2, 0.25) is 0 Å². The summed E-state index contributed by atoms with van der Waals surface area (Å²) in [6, 6.07) is 1.01.